The second-order valence-corrected chi connectivity index (χ2v) is 6.43. The van der Waals surface area contributed by atoms with Crippen LogP contribution in [0, 0.1) is 0 Å². The van der Waals surface area contributed by atoms with Gasteiger partial charge in [-0.25, -0.2) is 4.99 Å². The standard InChI is InChI=1S/C18H22N4/c1-13-11-14-17(12-13)19-15-5-3-4-6-16(15)20-18(14)22-9-7-21(2)8-10-22/h3-6,11,19H,7-10,12H2,1-2H3. The molecule has 0 radical (unpaired) electrons. The Balaban J connectivity index is 1.77. The predicted molar refractivity (Wildman–Crippen MR) is 91.6 cm³/mol. The molecule has 0 spiro atoms. The van der Waals surface area contributed by atoms with Crippen LogP contribution in [-0.4, -0.2) is 48.9 Å². The maximum atomic E-state index is 5.02. The van der Waals surface area contributed by atoms with E-state index in [9.17, 15) is 0 Å². The first-order valence-electron chi connectivity index (χ1n) is 7.99. The molecule has 0 bridgehead atoms. The molecule has 1 aliphatic carbocycles. The number of allylic oxidation sites excluding steroid dienone is 1. The van der Waals surface area contributed by atoms with Crippen molar-refractivity contribution in [3.05, 3.63) is 47.2 Å². The summed E-state index contributed by atoms with van der Waals surface area (Å²) in [6.07, 6.45) is 3.29. The molecule has 0 saturated carbocycles. The zero-order valence-corrected chi connectivity index (χ0v) is 13.3. The van der Waals surface area contributed by atoms with Crippen LogP contribution >= 0.6 is 0 Å². The van der Waals surface area contributed by atoms with E-state index in [1.54, 1.807) is 0 Å². The van der Waals surface area contributed by atoms with Gasteiger partial charge in [-0.2, -0.15) is 0 Å². The van der Waals surface area contributed by atoms with Crippen LogP contribution in [0.4, 0.5) is 11.4 Å². The molecule has 0 amide bonds. The van der Waals surface area contributed by atoms with Gasteiger partial charge in [-0.1, -0.05) is 23.8 Å². The Labute approximate surface area is 131 Å². The van der Waals surface area contributed by atoms with E-state index < -0.39 is 0 Å². The van der Waals surface area contributed by atoms with Crippen molar-refractivity contribution in [1.29, 1.82) is 0 Å². The monoisotopic (exact) mass is 294 g/mol. The minimum atomic E-state index is 0.996. The molecule has 1 fully saturated rings. The highest BCUT2D eigenvalue weighted by Gasteiger charge is 2.27. The van der Waals surface area contributed by atoms with Crippen molar-refractivity contribution in [2.45, 2.75) is 13.3 Å². The minimum absolute atomic E-state index is 0.996. The average Bonchev–Trinajstić information content (AvgIpc) is 2.80. The summed E-state index contributed by atoms with van der Waals surface area (Å²) in [7, 11) is 2.19. The lowest BCUT2D eigenvalue weighted by Crippen LogP contribution is -2.47. The molecule has 4 nitrogen and oxygen atoms in total. The van der Waals surface area contributed by atoms with Gasteiger partial charge < -0.3 is 15.1 Å². The van der Waals surface area contributed by atoms with Crippen LogP contribution in [0.5, 0.6) is 0 Å². The highest BCUT2D eigenvalue weighted by molar-refractivity contribution is 6.06. The number of nitrogens with zero attached hydrogens (tertiary/aromatic N) is 3. The van der Waals surface area contributed by atoms with E-state index in [0.29, 0.717) is 0 Å². The van der Waals surface area contributed by atoms with Crippen molar-refractivity contribution < 1.29 is 0 Å². The van der Waals surface area contributed by atoms with E-state index in [1.807, 2.05) is 0 Å². The maximum Gasteiger partial charge on any atom is 0.138 e. The molecule has 2 aliphatic heterocycles. The average molecular weight is 294 g/mol. The van der Waals surface area contributed by atoms with Crippen LogP contribution < -0.4 is 5.32 Å². The summed E-state index contributed by atoms with van der Waals surface area (Å²) in [4.78, 5) is 9.84. The van der Waals surface area contributed by atoms with Crippen LogP contribution in [-0.2, 0) is 0 Å². The Bertz CT molecular complexity index is 691. The smallest absolute Gasteiger partial charge is 0.138 e. The topological polar surface area (TPSA) is 30.9 Å². The van der Waals surface area contributed by atoms with Gasteiger partial charge in [0.25, 0.3) is 0 Å². The summed E-state index contributed by atoms with van der Waals surface area (Å²) < 4.78 is 0. The highest BCUT2D eigenvalue weighted by Crippen LogP contribution is 2.36. The second-order valence-electron chi connectivity index (χ2n) is 6.43. The van der Waals surface area contributed by atoms with Crippen molar-refractivity contribution in [1.82, 2.24) is 9.80 Å². The van der Waals surface area contributed by atoms with Gasteiger partial charge in [0.05, 0.1) is 11.4 Å². The molecular weight excluding hydrogens is 272 g/mol. The van der Waals surface area contributed by atoms with Crippen molar-refractivity contribution in [2.24, 2.45) is 4.99 Å². The molecule has 4 heteroatoms. The van der Waals surface area contributed by atoms with Crippen LogP contribution in [0.2, 0.25) is 0 Å². The molecule has 0 atom stereocenters. The fraction of sp³-hybridized carbons (Fsp3) is 0.389. The first kappa shape index (κ1) is 13.6. The largest absolute Gasteiger partial charge is 0.356 e. The van der Waals surface area contributed by atoms with Gasteiger partial charge in [0.15, 0.2) is 0 Å². The Morgan fingerprint density at radius 3 is 2.68 bits per heavy atom. The fourth-order valence-electron chi connectivity index (χ4n) is 3.34. The van der Waals surface area contributed by atoms with Crippen molar-refractivity contribution in [3.63, 3.8) is 0 Å². The summed E-state index contributed by atoms with van der Waals surface area (Å²) in [5, 5.41) is 3.61. The van der Waals surface area contributed by atoms with Crippen LogP contribution in [0.25, 0.3) is 0 Å². The Morgan fingerprint density at radius 2 is 1.86 bits per heavy atom. The summed E-state index contributed by atoms with van der Waals surface area (Å²) >= 11 is 0. The fourth-order valence-corrected chi connectivity index (χ4v) is 3.34. The van der Waals surface area contributed by atoms with E-state index >= 15 is 0 Å². The number of fused-ring (bicyclic) bond motifs is 1. The van der Waals surface area contributed by atoms with E-state index in [-0.39, 0.29) is 0 Å². The summed E-state index contributed by atoms with van der Waals surface area (Å²) in [5.41, 5.74) is 6.12. The number of benzene rings is 1. The van der Waals surface area contributed by atoms with E-state index in [1.165, 1.54) is 16.8 Å². The third kappa shape index (κ3) is 2.33. The zero-order valence-electron chi connectivity index (χ0n) is 13.3. The summed E-state index contributed by atoms with van der Waals surface area (Å²) in [5.74, 6) is 1.14. The number of rotatable bonds is 0. The molecule has 0 aromatic heterocycles. The molecule has 3 aliphatic rings. The quantitative estimate of drug-likeness (QED) is 0.798. The first-order chi connectivity index (χ1) is 10.7. The van der Waals surface area contributed by atoms with Gasteiger partial charge in [-0.15, -0.1) is 0 Å². The number of amidine groups is 1. The van der Waals surface area contributed by atoms with Crippen molar-refractivity contribution >= 4 is 17.2 Å². The first-order valence-corrected chi connectivity index (χ1v) is 7.99. The lowest BCUT2D eigenvalue weighted by atomic mass is 10.2. The summed E-state index contributed by atoms with van der Waals surface area (Å²) in [6.45, 7) is 6.48. The molecule has 114 valence electrons. The van der Waals surface area contributed by atoms with E-state index in [2.05, 4.69) is 59.4 Å². The molecule has 1 saturated heterocycles. The van der Waals surface area contributed by atoms with Gasteiger partial charge in [0.1, 0.15) is 5.84 Å². The van der Waals surface area contributed by atoms with Gasteiger partial charge in [-0.05, 0) is 26.1 Å². The zero-order chi connectivity index (χ0) is 15.1. The molecule has 22 heavy (non-hydrogen) atoms. The Hall–Kier alpha value is -2.07. The molecule has 1 aromatic rings. The Morgan fingerprint density at radius 1 is 1.09 bits per heavy atom. The van der Waals surface area contributed by atoms with Crippen LogP contribution in [0.1, 0.15) is 13.3 Å². The number of hydrogen-bond donors (Lipinski definition) is 1. The van der Waals surface area contributed by atoms with Gasteiger partial charge >= 0.3 is 0 Å². The van der Waals surface area contributed by atoms with Crippen molar-refractivity contribution in [3.8, 4) is 0 Å². The van der Waals surface area contributed by atoms with Crippen LogP contribution in [0.3, 0.4) is 0 Å². The van der Waals surface area contributed by atoms with Gasteiger partial charge in [0, 0.05) is 43.9 Å². The lowest BCUT2D eigenvalue weighted by Gasteiger charge is -2.34. The number of hydrogen-bond acceptors (Lipinski definition) is 4. The predicted octanol–water partition coefficient (Wildman–Crippen LogP) is 2.99. The van der Waals surface area contributed by atoms with E-state index in [4.69, 9.17) is 4.99 Å². The number of para-hydroxylation sites is 2. The number of aliphatic imine (C=N–C) groups is 1. The number of likely N-dealkylation sites (N-methyl/N-ethyl adjacent to an activating group) is 1. The van der Waals surface area contributed by atoms with Gasteiger partial charge in [-0.3, -0.25) is 0 Å². The van der Waals surface area contributed by atoms with E-state index in [0.717, 1.165) is 49.8 Å². The van der Waals surface area contributed by atoms with Gasteiger partial charge in [0.2, 0.25) is 0 Å². The van der Waals surface area contributed by atoms with Crippen LogP contribution in [0.15, 0.2) is 52.2 Å². The number of anilines is 1. The molecular formula is C18H22N4. The SMILES string of the molecule is CC1=CC2=C(C1)Nc1ccccc1N=C2N1CCN(C)CC1. The molecule has 0 unspecified atom stereocenters. The normalized spacial score (nSPS) is 21.6. The third-order valence-corrected chi connectivity index (χ3v) is 4.63. The molecule has 4 rings (SSSR count). The third-order valence-electron chi connectivity index (χ3n) is 4.63. The Kier molecular flexibility index (Phi) is 3.26. The highest BCUT2D eigenvalue weighted by atomic mass is 15.3. The van der Waals surface area contributed by atoms with Crippen molar-refractivity contribution in [2.75, 3.05) is 38.5 Å². The molecule has 2 heterocycles. The number of nitrogens with one attached hydrogen (secondary N) is 1. The number of piperazine rings is 1. The second kappa shape index (κ2) is 5.29. The lowest BCUT2D eigenvalue weighted by molar-refractivity contribution is 0.216. The summed E-state index contributed by atoms with van der Waals surface area (Å²) in [6, 6.07) is 8.34. The molecule has 1 N–H and O–H groups in total. The maximum absolute atomic E-state index is 5.02. The molecule has 1 aromatic carbocycles. The minimum Gasteiger partial charge on any atom is -0.356 e.